The van der Waals surface area contributed by atoms with Crippen LogP contribution in [0.3, 0.4) is 0 Å². The molecule has 0 atom stereocenters. The third-order valence-corrected chi connectivity index (χ3v) is 3.17. The number of nitrogens with zero attached hydrogens (tertiary/aromatic N) is 2. The van der Waals surface area contributed by atoms with Crippen LogP contribution in [0.2, 0.25) is 0 Å². The lowest BCUT2D eigenvalue weighted by molar-refractivity contribution is -0.385. The van der Waals surface area contributed by atoms with Crippen LogP contribution in [0.5, 0.6) is 0 Å². The number of anilines is 1. The lowest BCUT2D eigenvalue weighted by Crippen LogP contribution is -2.39. The normalized spacial score (nSPS) is 10.0. The van der Waals surface area contributed by atoms with Gasteiger partial charge in [-0.2, -0.15) is 0 Å². The predicted octanol–water partition coefficient (Wildman–Crippen LogP) is 2.69. The first-order valence-corrected chi connectivity index (χ1v) is 6.86. The SMILES string of the molecule is CCCN(CC(=O)O)C(=O)Nc1ccc(Br)c([N+](=O)[O-])c1. The summed E-state index contributed by atoms with van der Waals surface area (Å²) in [6, 6.07) is 3.51. The molecule has 114 valence electrons. The summed E-state index contributed by atoms with van der Waals surface area (Å²) >= 11 is 3.04. The number of carbonyl (C=O) groups is 2. The van der Waals surface area contributed by atoms with Gasteiger partial charge in [0, 0.05) is 18.3 Å². The number of halogens is 1. The van der Waals surface area contributed by atoms with Crippen LogP contribution >= 0.6 is 15.9 Å². The van der Waals surface area contributed by atoms with Crippen molar-refractivity contribution in [2.24, 2.45) is 0 Å². The van der Waals surface area contributed by atoms with Crippen molar-refractivity contribution in [3.8, 4) is 0 Å². The molecule has 0 aliphatic carbocycles. The molecule has 0 aromatic heterocycles. The lowest BCUT2D eigenvalue weighted by atomic mass is 10.3. The summed E-state index contributed by atoms with van der Waals surface area (Å²) < 4.78 is 0.293. The highest BCUT2D eigenvalue weighted by molar-refractivity contribution is 9.10. The molecule has 1 aromatic rings. The molecule has 0 bridgehead atoms. The molecular formula is C12H14BrN3O5. The van der Waals surface area contributed by atoms with E-state index in [2.05, 4.69) is 21.2 Å². The minimum atomic E-state index is -1.12. The minimum absolute atomic E-state index is 0.187. The van der Waals surface area contributed by atoms with Crippen molar-refractivity contribution in [2.75, 3.05) is 18.4 Å². The highest BCUT2D eigenvalue weighted by Crippen LogP contribution is 2.27. The van der Waals surface area contributed by atoms with E-state index in [4.69, 9.17) is 5.11 Å². The Balaban J connectivity index is 2.88. The van der Waals surface area contributed by atoms with Gasteiger partial charge in [-0.3, -0.25) is 14.9 Å². The van der Waals surface area contributed by atoms with E-state index in [9.17, 15) is 19.7 Å². The molecule has 0 unspecified atom stereocenters. The number of nitro groups is 1. The van der Waals surface area contributed by atoms with Crippen molar-refractivity contribution in [2.45, 2.75) is 13.3 Å². The quantitative estimate of drug-likeness (QED) is 0.598. The van der Waals surface area contributed by atoms with Crippen LogP contribution in [-0.4, -0.2) is 40.0 Å². The van der Waals surface area contributed by atoms with Crippen molar-refractivity contribution in [3.05, 3.63) is 32.8 Å². The summed E-state index contributed by atoms with van der Waals surface area (Å²) in [7, 11) is 0. The molecule has 0 saturated carbocycles. The largest absolute Gasteiger partial charge is 0.480 e. The molecule has 2 amide bonds. The van der Waals surface area contributed by atoms with Gasteiger partial charge < -0.3 is 15.3 Å². The van der Waals surface area contributed by atoms with E-state index in [1.54, 1.807) is 0 Å². The average molecular weight is 360 g/mol. The zero-order chi connectivity index (χ0) is 16.0. The van der Waals surface area contributed by atoms with E-state index in [1.807, 2.05) is 6.92 Å². The van der Waals surface area contributed by atoms with Crippen LogP contribution in [-0.2, 0) is 4.79 Å². The molecular weight excluding hydrogens is 346 g/mol. The zero-order valence-electron chi connectivity index (χ0n) is 11.2. The monoisotopic (exact) mass is 359 g/mol. The Labute approximate surface area is 129 Å². The fourth-order valence-electron chi connectivity index (χ4n) is 1.62. The summed E-state index contributed by atoms with van der Waals surface area (Å²) in [6.07, 6.45) is 0.598. The van der Waals surface area contributed by atoms with Gasteiger partial charge in [-0.05, 0) is 34.5 Å². The van der Waals surface area contributed by atoms with E-state index in [-0.39, 0.29) is 17.9 Å². The van der Waals surface area contributed by atoms with Gasteiger partial charge in [0.15, 0.2) is 0 Å². The summed E-state index contributed by atoms with van der Waals surface area (Å²) in [5.41, 5.74) is 0.0365. The average Bonchev–Trinajstić information content (AvgIpc) is 2.39. The van der Waals surface area contributed by atoms with E-state index in [1.165, 1.54) is 18.2 Å². The molecule has 8 nitrogen and oxygen atoms in total. The smallest absolute Gasteiger partial charge is 0.323 e. The first-order chi connectivity index (χ1) is 9.85. The van der Waals surface area contributed by atoms with Crippen molar-refractivity contribution in [1.29, 1.82) is 0 Å². The Morgan fingerprint density at radius 2 is 2.14 bits per heavy atom. The van der Waals surface area contributed by atoms with Gasteiger partial charge in [0.2, 0.25) is 0 Å². The number of nitro benzene ring substituents is 1. The van der Waals surface area contributed by atoms with Crippen LogP contribution in [0, 0.1) is 10.1 Å². The molecule has 0 aliphatic rings. The number of nitrogens with one attached hydrogen (secondary N) is 1. The standard InChI is InChI=1S/C12H14BrN3O5/c1-2-5-15(7-11(17)18)12(19)14-8-3-4-9(13)10(6-8)16(20)21/h3-4,6H,2,5,7H2,1H3,(H,14,19)(H,17,18). The Morgan fingerprint density at radius 1 is 1.48 bits per heavy atom. The van der Waals surface area contributed by atoms with Gasteiger partial charge in [0.05, 0.1) is 9.40 Å². The molecule has 9 heteroatoms. The second-order valence-electron chi connectivity index (χ2n) is 4.17. The molecule has 0 heterocycles. The lowest BCUT2D eigenvalue weighted by Gasteiger charge is -2.20. The number of hydrogen-bond donors (Lipinski definition) is 2. The minimum Gasteiger partial charge on any atom is -0.480 e. The van der Waals surface area contributed by atoms with Crippen LogP contribution in [0.1, 0.15) is 13.3 Å². The van der Waals surface area contributed by atoms with Crippen molar-refractivity contribution >= 4 is 39.3 Å². The van der Waals surface area contributed by atoms with Gasteiger partial charge in [-0.25, -0.2) is 4.79 Å². The third kappa shape index (κ3) is 5.03. The topological polar surface area (TPSA) is 113 Å². The highest BCUT2D eigenvalue weighted by Gasteiger charge is 2.18. The highest BCUT2D eigenvalue weighted by atomic mass is 79.9. The second kappa shape index (κ2) is 7.58. The fourth-order valence-corrected chi connectivity index (χ4v) is 2.01. The maximum atomic E-state index is 12.0. The van der Waals surface area contributed by atoms with Crippen LogP contribution in [0.25, 0.3) is 0 Å². The Morgan fingerprint density at radius 3 is 2.67 bits per heavy atom. The molecule has 0 aliphatic heterocycles. The third-order valence-electron chi connectivity index (χ3n) is 2.50. The number of urea groups is 1. The number of hydrogen-bond acceptors (Lipinski definition) is 4. The maximum Gasteiger partial charge on any atom is 0.323 e. The summed E-state index contributed by atoms with van der Waals surface area (Å²) in [6.45, 7) is 1.65. The Hall–Kier alpha value is -2.16. The second-order valence-corrected chi connectivity index (χ2v) is 5.02. The van der Waals surface area contributed by atoms with E-state index >= 15 is 0 Å². The molecule has 1 rings (SSSR count). The first-order valence-electron chi connectivity index (χ1n) is 6.06. The van der Waals surface area contributed by atoms with E-state index in [0.29, 0.717) is 10.9 Å². The van der Waals surface area contributed by atoms with Gasteiger partial charge in [-0.15, -0.1) is 0 Å². The van der Waals surface area contributed by atoms with Crippen LogP contribution in [0.15, 0.2) is 22.7 Å². The number of rotatable bonds is 6. The summed E-state index contributed by atoms with van der Waals surface area (Å²) in [5, 5.41) is 22.0. The predicted molar refractivity (Wildman–Crippen MR) is 79.3 cm³/mol. The summed E-state index contributed by atoms with van der Waals surface area (Å²) in [4.78, 5) is 34.0. The van der Waals surface area contributed by atoms with Crippen LogP contribution < -0.4 is 5.32 Å². The Kier molecular flexibility index (Phi) is 6.10. The number of benzene rings is 1. The number of carboxylic acids is 1. The van der Waals surface area contributed by atoms with Crippen molar-refractivity contribution in [3.63, 3.8) is 0 Å². The molecule has 2 N–H and O–H groups in total. The zero-order valence-corrected chi connectivity index (χ0v) is 12.8. The number of carboxylic acid groups (broad SMARTS) is 1. The van der Waals surface area contributed by atoms with Gasteiger partial charge >= 0.3 is 12.0 Å². The number of amides is 2. The molecule has 0 saturated heterocycles. The molecule has 0 fully saturated rings. The molecule has 21 heavy (non-hydrogen) atoms. The summed E-state index contributed by atoms with van der Waals surface area (Å²) in [5.74, 6) is -1.12. The van der Waals surface area contributed by atoms with Crippen molar-refractivity contribution < 1.29 is 19.6 Å². The fraction of sp³-hybridized carbons (Fsp3) is 0.333. The molecule has 1 aromatic carbocycles. The van der Waals surface area contributed by atoms with Crippen LogP contribution in [0.4, 0.5) is 16.2 Å². The van der Waals surface area contributed by atoms with E-state index < -0.39 is 23.5 Å². The Bertz CT molecular complexity index is 564. The maximum absolute atomic E-state index is 12.0. The first kappa shape index (κ1) is 16.9. The van der Waals surface area contributed by atoms with Crippen molar-refractivity contribution in [1.82, 2.24) is 4.90 Å². The van der Waals surface area contributed by atoms with E-state index in [0.717, 1.165) is 4.90 Å². The van der Waals surface area contributed by atoms with Gasteiger partial charge in [0.1, 0.15) is 6.54 Å². The number of aliphatic carboxylic acids is 1. The van der Waals surface area contributed by atoms with Gasteiger partial charge in [-0.1, -0.05) is 6.92 Å². The molecule has 0 spiro atoms. The van der Waals surface area contributed by atoms with Gasteiger partial charge in [0.25, 0.3) is 5.69 Å². The number of carbonyl (C=O) groups excluding carboxylic acids is 1. The molecule has 0 radical (unpaired) electrons.